The zero-order valence-corrected chi connectivity index (χ0v) is 10.0. The number of benzene rings is 1. The van der Waals surface area contributed by atoms with E-state index in [0.717, 1.165) is 0 Å². The largest absolute Gasteiger partial charge is 0.486 e. The maximum atomic E-state index is 5.77. The van der Waals surface area contributed by atoms with Gasteiger partial charge in [-0.15, -0.1) is 0 Å². The van der Waals surface area contributed by atoms with E-state index in [-0.39, 0.29) is 11.2 Å². The fourth-order valence-electron chi connectivity index (χ4n) is 1.74. The topological polar surface area (TPSA) is 83.2 Å². The van der Waals surface area contributed by atoms with Crippen molar-refractivity contribution in [3.8, 4) is 22.9 Å². The number of para-hydroxylation sites is 1. The lowest BCUT2D eigenvalue weighted by atomic mass is 10.1. The summed E-state index contributed by atoms with van der Waals surface area (Å²) in [4.78, 5) is 11.8. The van der Waals surface area contributed by atoms with E-state index in [9.17, 15) is 0 Å². The molecule has 0 fully saturated rings. The van der Waals surface area contributed by atoms with Gasteiger partial charge >= 0.3 is 0 Å². The summed E-state index contributed by atoms with van der Waals surface area (Å²) in [6, 6.07) is 5.47. The Balaban J connectivity index is 2.16. The van der Waals surface area contributed by atoms with Gasteiger partial charge in [0.1, 0.15) is 13.2 Å². The van der Waals surface area contributed by atoms with Crippen molar-refractivity contribution in [3.63, 3.8) is 0 Å². The predicted octanol–water partition coefficient (Wildman–Crippen LogP) is 1.55. The summed E-state index contributed by atoms with van der Waals surface area (Å²) in [6.07, 6.45) is 0. The summed E-state index contributed by atoms with van der Waals surface area (Å²) in [5.74, 6) is 1.70. The molecular weight excluding hydrogens is 256 g/mol. The number of fused-ring (bicyclic) bond motifs is 1. The van der Waals surface area contributed by atoms with Gasteiger partial charge in [-0.3, -0.25) is 0 Å². The Morgan fingerprint density at radius 3 is 2.78 bits per heavy atom. The molecule has 2 aromatic rings. The van der Waals surface area contributed by atoms with Gasteiger partial charge in [0.15, 0.2) is 17.3 Å². The average molecular weight is 265 g/mol. The van der Waals surface area contributed by atoms with Crippen LogP contribution >= 0.6 is 11.6 Å². The minimum Gasteiger partial charge on any atom is -0.486 e. The van der Waals surface area contributed by atoms with E-state index in [1.807, 2.05) is 18.2 Å². The van der Waals surface area contributed by atoms with E-state index in [4.69, 9.17) is 26.8 Å². The Labute approximate surface area is 108 Å². The number of anilines is 1. The maximum absolute atomic E-state index is 5.77. The average Bonchev–Trinajstić information content (AvgIpc) is 2.37. The summed E-state index contributed by atoms with van der Waals surface area (Å²) < 4.78 is 11.1. The van der Waals surface area contributed by atoms with E-state index in [1.54, 1.807) is 0 Å². The second-order valence-electron chi connectivity index (χ2n) is 3.62. The highest BCUT2D eigenvalue weighted by Crippen LogP contribution is 2.38. The van der Waals surface area contributed by atoms with Crippen LogP contribution in [0.2, 0.25) is 5.28 Å². The van der Waals surface area contributed by atoms with Crippen LogP contribution in [0.3, 0.4) is 0 Å². The SMILES string of the molecule is Nc1nc(Cl)nc(-c2cccc3c2OCCO3)n1. The molecule has 1 aliphatic rings. The number of halogens is 1. The van der Waals surface area contributed by atoms with Crippen molar-refractivity contribution < 1.29 is 9.47 Å². The first-order chi connectivity index (χ1) is 8.74. The molecule has 0 unspecified atom stereocenters. The molecule has 3 rings (SSSR count). The number of aromatic nitrogens is 3. The first-order valence-corrected chi connectivity index (χ1v) is 5.68. The molecule has 0 saturated heterocycles. The summed E-state index contributed by atoms with van der Waals surface area (Å²) >= 11 is 5.77. The Morgan fingerprint density at radius 2 is 1.94 bits per heavy atom. The van der Waals surface area contributed by atoms with Gasteiger partial charge in [0.05, 0.1) is 5.56 Å². The van der Waals surface area contributed by atoms with Crippen LogP contribution in [-0.4, -0.2) is 28.2 Å². The lowest BCUT2D eigenvalue weighted by Gasteiger charge is -2.20. The number of nitrogens with zero attached hydrogens (tertiary/aromatic N) is 3. The fourth-order valence-corrected chi connectivity index (χ4v) is 1.90. The fraction of sp³-hybridized carbons (Fsp3) is 0.182. The Kier molecular flexibility index (Phi) is 2.64. The van der Waals surface area contributed by atoms with Gasteiger partial charge < -0.3 is 15.2 Å². The van der Waals surface area contributed by atoms with Crippen molar-refractivity contribution in [1.29, 1.82) is 0 Å². The molecular formula is C11H9ClN4O2. The van der Waals surface area contributed by atoms with E-state index < -0.39 is 0 Å². The van der Waals surface area contributed by atoms with Crippen LogP contribution in [0.1, 0.15) is 0 Å². The maximum Gasteiger partial charge on any atom is 0.227 e. The van der Waals surface area contributed by atoms with Gasteiger partial charge in [0.25, 0.3) is 0 Å². The summed E-state index contributed by atoms with van der Waals surface area (Å²) in [7, 11) is 0. The molecule has 1 aromatic heterocycles. The van der Waals surface area contributed by atoms with Gasteiger partial charge in [-0.1, -0.05) is 6.07 Å². The molecule has 0 saturated carbocycles. The number of nitrogen functional groups attached to an aromatic ring is 1. The monoisotopic (exact) mass is 264 g/mol. The van der Waals surface area contributed by atoms with Crippen molar-refractivity contribution >= 4 is 17.5 Å². The molecule has 18 heavy (non-hydrogen) atoms. The van der Waals surface area contributed by atoms with E-state index >= 15 is 0 Å². The minimum absolute atomic E-state index is 0.0480. The second-order valence-corrected chi connectivity index (χ2v) is 3.95. The molecule has 0 aliphatic carbocycles. The van der Waals surface area contributed by atoms with E-state index in [0.29, 0.717) is 36.1 Å². The highest BCUT2D eigenvalue weighted by atomic mass is 35.5. The molecule has 92 valence electrons. The lowest BCUT2D eigenvalue weighted by molar-refractivity contribution is 0.172. The standard InChI is InChI=1S/C11H9ClN4O2/c12-10-14-9(15-11(13)16-10)6-2-1-3-7-8(6)18-5-4-17-7/h1-3H,4-5H2,(H2,13,14,15,16). The number of rotatable bonds is 1. The second kappa shape index (κ2) is 4.30. The smallest absolute Gasteiger partial charge is 0.227 e. The highest BCUT2D eigenvalue weighted by Gasteiger charge is 2.19. The molecule has 0 spiro atoms. The zero-order chi connectivity index (χ0) is 12.5. The van der Waals surface area contributed by atoms with Gasteiger partial charge in [0, 0.05) is 0 Å². The van der Waals surface area contributed by atoms with Crippen LogP contribution in [-0.2, 0) is 0 Å². The van der Waals surface area contributed by atoms with Crippen LogP contribution in [0.5, 0.6) is 11.5 Å². The molecule has 7 heteroatoms. The number of ether oxygens (including phenoxy) is 2. The van der Waals surface area contributed by atoms with Crippen LogP contribution in [0.15, 0.2) is 18.2 Å². The molecule has 2 heterocycles. The van der Waals surface area contributed by atoms with Gasteiger partial charge in [-0.2, -0.15) is 15.0 Å². The third-order valence-electron chi connectivity index (χ3n) is 2.43. The molecule has 2 N–H and O–H groups in total. The van der Waals surface area contributed by atoms with E-state index in [1.165, 1.54) is 0 Å². The highest BCUT2D eigenvalue weighted by molar-refractivity contribution is 6.28. The van der Waals surface area contributed by atoms with Crippen molar-refractivity contribution in [1.82, 2.24) is 15.0 Å². The summed E-state index contributed by atoms with van der Waals surface area (Å²) in [5, 5.41) is 0.0480. The third-order valence-corrected chi connectivity index (χ3v) is 2.60. The zero-order valence-electron chi connectivity index (χ0n) is 9.26. The van der Waals surface area contributed by atoms with Crippen LogP contribution in [0.4, 0.5) is 5.95 Å². The normalized spacial score (nSPS) is 13.4. The molecule has 6 nitrogen and oxygen atoms in total. The Hall–Kier alpha value is -2.08. The molecule has 1 aromatic carbocycles. The van der Waals surface area contributed by atoms with Gasteiger partial charge in [0.2, 0.25) is 11.2 Å². The summed E-state index contributed by atoms with van der Waals surface area (Å²) in [6.45, 7) is 1.01. The quantitative estimate of drug-likeness (QED) is 0.841. The first-order valence-electron chi connectivity index (χ1n) is 5.30. The number of nitrogens with two attached hydrogens (primary N) is 1. The van der Waals surface area contributed by atoms with Crippen molar-refractivity contribution in [2.45, 2.75) is 0 Å². The van der Waals surface area contributed by atoms with Gasteiger partial charge in [-0.05, 0) is 23.7 Å². The molecule has 1 aliphatic heterocycles. The molecule has 0 radical (unpaired) electrons. The van der Waals surface area contributed by atoms with Crippen molar-refractivity contribution in [3.05, 3.63) is 23.5 Å². The van der Waals surface area contributed by atoms with Gasteiger partial charge in [-0.25, -0.2) is 0 Å². The lowest BCUT2D eigenvalue weighted by Crippen LogP contribution is -2.16. The number of hydrogen-bond donors (Lipinski definition) is 1. The van der Waals surface area contributed by atoms with Crippen LogP contribution in [0.25, 0.3) is 11.4 Å². The van der Waals surface area contributed by atoms with Crippen molar-refractivity contribution in [2.75, 3.05) is 18.9 Å². The molecule has 0 atom stereocenters. The minimum atomic E-state index is 0.0480. The molecule has 0 amide bonds. The summed E-state index contributed by atoms with van der Waals surface area (Å²) in [5.41, 5.74) is 6.24. The van der Waals surface area contributed by atoms with Crippen LogP contribution < -0.4 is 15.2 Å². The Bertz CT molecular complexity index is 585. The van der Waals surface area contributed by atoms with E-state index in [2.05, 4.69) is 15.0 Å². The molecule has 0 bridgehead atoms. The predicted molar refractivity (Wildman–Crippen MR) is 65.7 cm³/mol. The third kappa shape index (κ3) is 1.91. The number of hydrogen-bond acceptors (Lipinski definition) is 6. The first kappa shape index (κ1) is 11.0. The van der Waals surface area contributed by atoms with Crippen LogP contribution in [0, 0.1) is 0 Å². The van der Waals surface area contributed by atoms with Crippen molar-refractivity contribution in [2.24, 2.45) is 0 Å². The Morgan fingerprint density at radius 1 is 1.11 bits per heavy atom.